The van der Waals surface area contributed by atoms with Crippen molar-refractivity contribution in [2.24, 2.45) is 46.8 Å². The Bertz CT molecular complexity index is 1090. The molecule has 0 aromatic carbocycles. The van der Waals surface area contributed by atoms with E-state index in [4.69, 9.17) is 34.9 Å². The van der Waals surface area contributed by atoms with E-state index in [2.05, 4.69) is 48.4 Å². The number of amides is 3. The van der Waals surface area contributed by atoms with Gasteiger partial charge in [0.2, 0.25) is 17.7 Å². The van der Waals surface area contributed by atoms with E-state index in [1.165, 1.54) is 0 Å². The molecule has 22 N–H and O–H groups in total. The zero-order valence-electron chi connectivity index (χ0n) is 32.4. The zero-order valence-corrected chi connectivity index (χ0v) is 32.4. The monoisotopic (exact) mass is 790 g/mol. The van der Waals surface area contributed by atoms with Gasteiger partial charge in [-0.15, -0.1) is 0 Å². The second-order valence-electron chi connectivity index (χ2n) is 13.5. The summed E-state index contributed by atoms with van der Waals surface area (Å²) in [6.45, 7) is 3.30. The lowest BCUT2D eigenvalue weighted by Crippen LogP contribution is -2.55. The highest BCUT2D eigenvalue weighted by molar-refractivity contribution is 6.13. The number of hydrogen-bond donors (Lipinski definition) is 16. The Morgan fingerprint density at radius 2 is 0.982 bits per heavy atom. The van der Waals surface area contributed by atoms with Crippen LogP contribution in [0, 0.1) is 11.8 Å². The van der Waals surface area contributed by atoms with E-state index in [0.29, 0.717) is 71.0 Å². The van der Waals surface area contributed by atoms with Gasteiger partial charge in [0.25, 0.3) is 0 Å². The third-order valence-electron chi connectivity index (χ3n) is 9.00. The molecule has 0 aromatic rings. The minimum atomic E-state index is -1.38. The molecule has 22 nitrogen and oxygen atoms in total. The van der Waals surface area contributed by atoms with Crippen molar-refractivity contribution < 1.29 is 33.9 Å². The summed E-state index contributed by atoms with van der Waals surface area (Å²) in [4.78, 5) is 81.7. The van der Waals surface area contributed by atoms with E-state index in [0.717, 1.165) is 0 Å². The van der Waals surface area contributed by atoms with Gasteiger partial charge in [-0.25, -0.2) is 0 Å². The van der Waals surface area contributed by atoms with Crippen molar-refractivity contribution in [3.05, 3.63) is 0 Å². The van der Waals surface area contributed by atoms with Gasteiger partial charge in [0.15, 0.2) is 11.6 Å². The third kappa shape index (κ3) is 22.3. The molecule has 3 unspecified atom stereocenters. The Morgan fingerprint density at radius 1 is 0.545 bits per heavy atom. The number of aliphatic hydroxyl groups is 1. The molecular weight excluding hydrogens is 718 g/mol. The van der Waals surface area contributed by atoms with Gasteiger partial charge in [-0.2, -0.15) is 0 Å². The van der Waals surface area contributed by atoms with Crippen LogP contribution in [0.2, 0.25) is 0 Å². The molecule has 0 rings (SSSR count). The normalized spacial score (nSPS) is 15.2. The minimum Gasteiger partial charge on any atom is -0.395 e. The molecule has 0 aliphatic carbocycles. The molecule has 320 valence electrons. The maximum absolute atomic E-state index is 14.5. The van der Waals surface area contributed by atoms with E-state index in [9.17, 15) is 33.9 Å². The first kappa shape index (κ1) is 51.9. The minimum absolute atomic E-state index is 0.00471. The largest absolute Gasteiger partial charge is 0.395 e. The average molecular weight is 790 g/mol. The average Bonchev–Trinajstić information content (AvgIpc) is 3.17. The van der Waals surface area contributed by atoms with Crippen molar-refractivity contribution in [2.75, 3.05) is 45.9 Å². The molecule has 0 radical (unpaired) electrons. The number of Topliss-reactive ketones (excluding diaryl/α,β-unsaturated/α-hetero) is 2. The molecule has 0 spiro atoms. The van der Waals surface area contributed by atoms with Gasteiger partial charge in [-0.3, -0.25) is 80.3 Å². The second kappa shape index (κ2) is 33.1. The first-order chi connectivity index (χ1) is 26.5. The second-order valence-corrected chi connectivity index (χ2v) is 13.5. The number of rotatable bonds is 37. The first-order valence-corrected chi connectivity index (χ1v) is 19.2. The van der Waals surface area contributed by atoms with Crippen LogP contribution in [0.1, 0.15) is 84.0 Å². The number of nitrogens with two attached hydrogens (primary N) is 6. The predicted molar refractivity (Wildman–Crippen MR) is 208 cm³/mol. The molecule has 3 amide bonds. The Kier molecular flexibility index (Phi) is 31.2. The summed E-state index contributed by atoms with van der Waals surface area (Å²) in [6.07, 6.45) is 3.70. The standard InChI is InChI=1S/C33H71N15O7/c1-22(20-49)45-27(12-6-18-43-38)33(55)47-26(11-5-17-42-37)30(52)24(9-2-14-34)29(51)25(10-4-16-41-36)31(53)48-28(13-7-19-44-39)32(54)46-23(21-50)8-3-15-40-35/h21-28,40-45,49H,2-20,34-39H2,1H3,(H,46,54)(H,47,55)(H,48,53)/t22-,23+,24?,25?,26?,27+,28+/m0/s1. The van der Waals surface area contributed by atoms with Gasteiger partial charge < -0.3 is 36.9 Å². The first-order valence-electron chi connectivity index (χ1n) is 19.2. The van der Waals surface area contributed by atoms with Crippen LogP contribution in [0.25, 0.3) is 0 Å². The van der Waals surface area contributed by atoms with Crippen LogP contribution in [0.3, 0.4) is 0 Å². The molecule has 0 bridgehead atoms. The van der Waals surface area contributed by atoms with Gasteiger partial charge in [0.05, 0.1) is 36.6 Å². The highest BCUT2D eigenvalue weighted by Crippen LogP contribution is 2.22. The Labute approximate surface area is 324 Å². The molecule has 0 fully saturated rings. The number of carbonyl (C=O) groups excluding carboxylic acids is 6. The third-order valence-corrected chi connectivity index (χ3v) is 9.00. The molecule has 0 heterocycles. The lowest BCUT2D eigenvalue weighted by Gasteiger charge is -2.29. The van der Waals surface area contributed by atoms with Crippen LogP contribution in [-0.2, 0) is 28.8 Å². The number of hydrazine groups is 5. The van der Waals surface area contributed by atoms with Crippen LogP contribution in [0.15, 0.2) is 0 Å². The fraction of sp³-hybridized carbons (Fsp3) is 0.818. The predicted octanol–water partition coefficient (Wildman–Crippen LogP) is -5.69. The van der Waals surface area contributed by atoms with E-state index >= 15 is 0 Å². The van der Waals surface area contributed by atoms with E-state index in [1.807, 2.05) is 0 Å². The topological polar surface area (TPSA) is 387 Å². The van der Waals surface area contributed by atoms with E-state index < -0.39 is 71.3 Å². The maximum Gasteiger partial charge on any atom is 0.243 e. The lowest BCUT2D eigenvalue weighted by molar-refractivity contribution is -0.143. The quantitative estimate of drug-likeness (QED) is 0.00916. The number of aliphatic hydroxyl groups excluding tert-OH is 1. The molecule has 0 saturated heterocycles. The molecule has 0 aliphatic rings. The van der Waals surface area contributed by atoms with E-state index in [-0.39, 0.29) is 58.2 Å². The van der Waals surface area contributed by atoms with Crippen molar-refractivity contribution in [1.82, 2.24) is 48.4 Å². The highest BCUT2D eigenvalue weighted by atomic mass is 16.3. The van der Waals surface area contributed by atoms with Gasteiger partial charge in [0.1, 0.15) is 12.3 Å². The van der Waals surface area contributed by atoms with Crippen LogP contribution in [0.4, 0.5) is 0 Å². The zero-order chi connectivity index (χ0) is 41.4. The molecule has 0 saturated carbocycles. The summed E-state index contributed by atoms with van der Waals surface area (Å²) in [5, 5.41) is 20.8. The Balaban J connectivity index is 6.63. The maximum atomic E-state index is 14.5. The number of nitrogens with one attached hydrogen (secondary N) is 9. The summed E-state index contributed by atoms with van der Waals surface area (Å²) < 4.78 is 0. The van der Waals surface area contributed by atoms with Gasteiger partial charge in [-0.05, 0) is 90.5 Å². The lowest BCUT2D eigenvalue weighted by atomic mass is 9.80. The van der Waals surface area contributed by atoms with Crippen LogP contribution >= 0.6 is 0 Å². The highest BCUT2D eigenvalue weighted by Gasteiger charge is 2.40. The summed E-state index contributed by atoms with van der Waals surface area (Å²) in [7, 11) is 0. The van der Waals surface area contributed by atoms with Crippen molar-refractivity contribution in [1.29, 1.82) is 0 Å². The molecule has 0 aromatic heterocycles. The summed E-state index contributed by atoms with van der Waals surface area (Å²) in [5.74, 6) is 21.2. The fourth-order valence-electron chi connectivity index (χ4n) is 5.93. The van der Waals surface area contributed by atoms with Crippen LogP contribution in [0.5, 0.6) is 0 Å². The molecule has 7 atom stereocenters. The molecule has 55 heavy (non-hydrogen) atoms. The molecule has 22 heteroatoms. The van der Waals surface area contributed by atoms with E-state index in [1.54, 1.807) is 6.92 Å². The number of carbonyl (C=O) groups is 6. The summed E-state index contributed by atoms with van der Waals surface area (Å²) in [6, 6.07) is -4.37. The van der Waals surface area contributed by atoms with Crippen LogP contribution in [-0.4, -0.2) is 117 Å². The van der Waals surface area contributed by atoms with Gasteiger partial charge in [-0.1, -0.05) is 0 Å². The van der Waals surface area contributed by atoms with Crippen LogP contribution < -0.4 is 83.3 Å². The Hall–Kier alpha value is -3.10. The van der Waals surface area contributed by atoms with Gasteiger partial charge in [0, 0.05) is 38.8 Å². The number of hydrogen-bond acceptors (Lipinski definition) is 19. The summed E-state index contributed by atoms with van der Waals surface area (Å²) in [5.41, 5.74) is 18.3. The van der Waals surface area contributed by atoms with Crippen molar-refractivity contribution in [3.8, 4) is 0 Å². The van der Waals surface area contributed by atoms with Crippen molar-refractivity contribution in [3.63, 3.8) is 0 Å². The van der Waals surface area contributed by atoms with Crippen molar-refractivity contribution >= 4 is 35.6 Å². The Morgan fingerprint density at radius 3 is 1.47 bits per heavy atom. The molecular formula is C33H71N15O7. The molecule has 0 aliphatic heterocycles. The summed E-state index contributed by atoms with van der Waals surface area (Å²) >= 11 is 0. The van der Waals surface area contributed by atoms with Gasteiger partial charge >= 0.3 is 0 Å². The fourth-order valence-corrected chi connectivity index (χ4v) is 5.93. The van der Waals surface area contributed by atoms with Crippen molar-refractivity contribution in [2.45, 2.75) is 114 Å². The smallest absolute Gasteiger partial charge is 0.243 e. The number of aldehydes is 1. The number of ketones is 2. The SMILES string of the molecule is C[C@@H](CO)N[C@H](CCCNN)C(=O)NC(CCCNN)C(=O)C(CCCN)C(=O)C(CCCNN)C(=O)N[C@H](CCCNN)C(=O)N[C@@H](C=O)CCCNN.